The monoisotopic (exact) mass is 300 g/mol. The van der Waals surface area contributed by atoms with Crippen molar-refractivity contribution in [1.82, 2.24) is 9.97 Å². The minimum atomic E-state index is -2.96. The number of ether oxygens (including phenoxy) is 1. The molecule has 0 radical (unpaired) electrons. The van der Waals surface area contributed by atoms with Gasteiger partial charge in [-0.05, 0) is 12.1 Å². The molecule has 0 amide bonds. The molecule has 0 saturated heterocycles. The molecule has 0 spiro atoms. The number of aromatic amines is 1. The molecule has 0 aliphatic rings. The van der Waals surface area contributed by atoms with Crippen LogP contribution < -0.4 is 10.5 Å². The van der Waals surface area contributed by atoms with E-state index in [1.54, 1.807) is 18.3 Å². The average Bonchev–Trinajstić information content (AvgIpc) is 2.93. The number of fused-ring (bicyclic) bond motifs is 1. The number of anilines is 1. The maximum Gasteiger partial charge on any atom is 0.387 e. The normalized spacial score (nSPS) is 10.8. The smallest absolute Gasteiger partial charge is 0.387 e. The Morgan fingerprint density at radius 2 is 2.18 bits per heavy atom. The van der Waals surface area contributed by atoms with E-state index in [9.17, 15) is 8.78 Å². The van der Waals surface area contributed by atoms with Gasteiger partial charge in [0.25, 0.3) is 0 Å². The molecule has 2 heterocycles. The van der Waals surface area contributed by atoms with Gasteiger partial charge >= 0.3 is 6.61 Å². The van der Waals surface area contributed by atoms with Gasteiger partial charge in [0.15, 0.2) is 5.75 Å². The molecule has 1 aromatic carbocycles. The first kappa shape index (κ1) is 13.8. The molecule has 0 aliphatic heterocycles. The molecule has 3 aromatic rings. The van der Waals surface area contributed by atoms with Gasteiger partial charge in [-0.25, -0.2) is 0 Å². The lowest BCUT2D eigenvalue weighted by molar-refractivity contribution is -0.0495. The Kier molecular flexibility index (Phi) is 3.35. The second-order valence-corrected chi connectivity index (χ2v) is 4.53. The molecular weight excluding hydrogens is 290 g/mol. The highest BCUT2D eigenvalue weighted by molar-refractivity contribution is 5.97. The van der Waals surface area contributed by atoms with E-state index in [0.29, 0.717) is 16.8 Å². The third kappa shape index (κ3) is 2.31. The highest BCUT2D eigenvalue weighted by Gasteiger charge is 2.13. The third-order valence-corrected chi connectivity index (χ3v) is 3.23. The number of para-hydroxylation sites is 1. The van der Waals surface area contributed by atoms with Crippen LogP contribution in [0, 0.1) is 11.3 Å². The number of halogens is 2. The maximum atomic E-state index is 12.2. The largest absolute Gasteiger partial charge is 0.431 e. The number of nitrogen functional groups attached to an aromatic ring is 1. The number of H-pyrrole nitrogens is 1. The predicted molar refractivity (Wildman–Crippen MR) is 77.3 cm³/mol. The van der Waals surface area contributed by atoms with Crippen molar-refractivity contribution < 1.29 is 13.5 Å². The van der Waals surface area contributed by atoms with Gasteiger partial charge in [-0.2, -0.15) is 14.0 Å². The Labute approximate surface area is 124 Å². The van der Waals surface area contributed by atoms with Crippen LogP contribution in [0.3, 0.4) is 0 Å². The van der Waals surface area contributed by atoms with E-state index in [4.69, 9.17) is 11.0 Å². The van der Waals surface area contributed by atoms with E-state index in [0.717, 1.165) is 17.1 Å². The molecule has 22 heavy (non-hydrogen) atoms. The topological polar surface area (TPSA) is 87.7 Å². The summed E-state index contributed by atoms with van der Waals surface area (Å²) in [6.45, 7) is -2.96. The molecule has 110 valence electrons. The van der Waals surface area contributed by atoms with Gasteiger partial charge < -0.3 is 15.5 Å². The van der Waals surface area contributed by atoms with Crippen molar-refractivity contribution in [1.29, 1.82) is 5.26 Å². The Bertz CT molecular complexity index is 883. The summed E-state index contributed by atoms with van der Waals surface area (Å²) in [5, 5.41) is 9.89. The number of benzene rings is 1. The number of nitrogens with zero attached hydrogens (tertiary/aromatic N) is 2. The van der Waals surface area contributed by atoms with Crippen LogP contribution in [-0.2, 0) is 0 Å². The molecule has 0 saturated carbocycles. The fraction of sp³-hybridized carbons (Fsp3) is 0.0667. The molecule has 0 fully saturated rings. The van der Waals surface area contributed by atoms with Crippen molar-refractivity contribution in [2.24, 2.45) is 0 Å². The summed E-state index contributed by atoms with van der Waals surface area (Å²) in [4.78, 5) is 7.12. The van der Waals surface area contributed by atoms with Crippen molar-refractivity contribution in [3.63, 3.8) is 0 Å². The van der Waals surface area contributed by atoms with Crippen molar-refractivity contribution in [2.45, 2.75) is 6.61 Å². The Morgan fingerprint density at radius 1 is 1.36 bits per heavy atom. The summed E-state index contributed by atoms with van der Waals surface area (Å²) in [5.74, 6) is -0.170. The zero-order valence-corrected chi connectivity index (χ0v) is 11.2. The minimum Gasteiger partial charge on any atom is -0.431 e. The van der Waals surface area contributed by atoms with Crippen LogP contribution in [0.4, 0.5) is 14.5 Å². The fourth-order valence-electron chi connectivity index (χ4n) is 2.26. The second kappa shape index (κ2) is 5.33. The fourth-order valence-corrected chi connectivity index (χ4v) is 2.26. The number of pyridine rings is 1. The van der Waals surface area contributed by atoms with E-state index in [1.807, 2.05) is 6.07 Å². The first-order valence-corrected chi connectivity index (χ1v) is 6.31. The Balaban J connectivity index is 2.09. The first-order valence-electron chi connectivity index (χ1n) is 6.31. The second-order valence-electron chi connectivity index (χ2n) is 4.53. The van der Waals surface area contributed by atoms with Gasteiger partial charge in [-0.15, -0.1) is 0 Å². The number of nitriles is 1. The van der Waals surface area contributed by atoms with Crippen LogP contribution in [0.5, 0.6) is 5.75 Å². The van der Waals surface area contributed by atoms with Crippen LogP contribution in [0.15, 0.2) is 36.7 Å². The van der Waals surface area contributed by atoms with Gasteiger partial charge in [0.05, 0.1) is 28.7 Å². The van der Waals surface area contributed by atoms with Gasteiger partial charge in [0.2, 0.25) is 0 Å². The summed E-state index contributed by atoms with van der Waals surface area (Å²) < 4.78 is 28.7. The van der Waals surface area contributed by atoms with Crippen molar-refractivity contribution in [3.8, 4) is 23.1 Å². The molecule has 2 aromatic heterocycles. The summed E-state index contributed by atoms with van der Waals surface area (Å²) in [6, 6.07) is 8.85. The number of nitrogens with two attached hydrogens (primary N) is 1. The Morgan fingerprint density at radius 3 is 2.86 bits per heavy atom. The SMILES string of the molecule is N#Cc1cccc2c(-c3cc(N)c(OC(F)F)cn3)c[nH]c12. The summed E-state index contributed by atoms with van der Waals surface area (Å²) in [7, 11) is 0. The molecular formula is C15H10F2N4O. The van der Waals surface area contributed by atoms with Gasteiger partial charge in [-0.1, -0.05) is 12.1 Å². The minimum absolute atomic E-state index is 0.0658. The van der Waals surface area contributed by atoms with Crippen LogP contribution in [0.2, 0.25) is 0 Å². The van der Waals surface area contributed by atoms with Crippen molar-refractivity contribution in [3.05, 3.63) is 42.2 Å². The average molecular weight is 300 g/mol. The zero-order chi connectivity index (χ0) is 15.7. The lowest BCUT2D eigenvalue weighted by atomic mass is 10.1. The predicted octanol–water partition coefficient (Wildman–Crippen LogP) is 3.29. The number of alkyl halides is 2. The number of aromatic nitrogens is 2. The summed E-state index contributed by atoms with van der Waals surface area (Å²) in [6.07, 6.45) is 2.85. The standard InChI is InChI=1S/C15H10F2N4O/c16-15(17)22-13-7-20-12(4-11(13)19)10-6-21-14-8(5-18)2-1-3-9(10)14/h1-4,6-7,15,21H,(H2,19,20). The molecule has 7 heteroatoms. The molecule has 3 rings (SSSR count). The molecule has 0 unspecified atom stereocenters. The zero-order valence-electron chi connectivity index (χ0n) is 11.2. The van der Waals surface area contributed by atoms with Crippen LogP contribution in [-0.4, -0.2) is 16.6 Å². The van der Waals surface area contributed by atoms with Gasteiger partial charge in [0.1, 0.15) is 6.07 Å². The number of nitrogens with one attached hydrogen (secondary N) is 1. The van der Waals surface area contributed by atoms with Crippen molar-refractivity contribution >= 4 is 16.6 Å². The van der Waals surface area contributed by atoms with Crippen LogP contribution >= 0.6 is 0 Å². The van der Waals surface area contributed by atoms with E-state index >= 15 is 0 Å². The highest BCUT2D eigenvalue weighted by atomic mass is 19.3. The molecule has 0 atom stereocenters. The van der Waals surface area contributed by atoms with E-state index < -0.39 is 6.61 Å². The van der Waals surface area contributed by atoms with E-state index in [-0.39, 0.29) is 11.4 Å². The van der Waals surface area contributed by atoms with Crippen LogP contribution in [0.25, 0.3) is 22.2 Å². The summed E-state index contributed by atoms with van der Waals surface area (Å²) >= 11 is 0. The molecule has 0 bridgehead atoms. The quantitative estimate of drug-likeness (QED) is 0.777. The molecule has 5 nitrogen and oxygen atoms in total. The lowest BCUT2D eigenvalue weighted by Gasteiger charge is -2.08. The number of hydrogen-bond acceptors (Lipinski definition) is 4. The van der Waals surface area contributed by atoms with Gasteiger partial charge in [-0.3, -0.25) is 4.98 Å². The third-order valence-electron chi connectivity index (χ3n) is 3.23. The van der Waals surface area contributed by atoms with Crippen molar-refractivity contribution in [2.75, 3.05) is 5.73 Å². The van der Waals surface area contributed by atoms with Gasteiger partial charge in [0, 0.05) is 17.1 Å². The number of rotatable bonds is 3. The van der Waals surface area contributed by atoms with Crippen LogP contribution in [0.1, 0.15) is 5.56 Å². The lowest BCUT2D eigenvalue weighted by Crippen LogP contribution is -2.05. The van der Waals surface area contributed by atoms with E-state index in [2.05, 4.69) is 20.8 Å². The highest BCUT2D eigenvalue weighted by Crippen LogP contribution is 2.32. The first-order chi connectivity index (χ1) is 10.6. The maximum absolute atomic E-state index is 12.2. The molecule has 0 aliphatic carbocycles. The number of hydrogen-bond donors (Lipinski definition) is 2. The Hall–Kier alpha value is -3.14. The molecule has 3 N–H and O–H groups in total. The summed E-state index contributed by atoms with van der Waals surface area (Å²) in [5.41, 5.74) is 8.20. The van der Waals surface area contributed by atoms with E-state index in [1.165, 1.54) is 6.07 Å².